The third-order valence-electron chi connectivity index (χ3n) is 4.44. The van der Waals surface area contributed by atoms with E-state index < -0.39 is 0 Å². The summed E-state index contributed by atoms with van der Waals surface area (Å²) >= 11 is 0. The molecule has 2 N–H and O–H groups in total. The van der Waals surface area contributed by atoms with Gasteiger partial charge < -0.3 is 0 Å². The number of aromatic nitrogens is 3. The number of rotatable bonds is 1. The van der Waals surface area contributed by atoms with E-state index in [1.165, 1.54) is 0 Å². The van der Waals surface area contributed by atoms with E-state index in [-0.39, 0.29) is 11.8 Å². The number of aromatic amines is 2. The lowest BCUT2D eigenvalue weighted by atomic mass is 9.85. The van der Waals surface area contributed by atoms with Crippen LogP contribution in [0.1, 0.15) is 17.0 Å². The van der Waals surface area contributed by atoms with E-state index in [1.807, 2.05) is 54.6 Å². The second-order valence-electron chi connectivity index (χ2n) is 5.70. The Morgan fingerprint density at radius 1 is 0.913 bits per heavy atom. The molecule has 5 nitrogen and oxygen atoms in total. The number of H-pyrrole nitrogens is 2. The molecular weight excluding hydrogens is 288 g/mol. The summed E-state index contributed by atoms with van der Waals surface area (Å²) in [6.07, 6.45) is 0. The van der Waals surface area contributed by atoms with Crippen molar-refractivity contribution in [2.75, 3.05) is 0 Å². The second-order valence-corrected chi connectivity index (χ2v) is 5.70. The van der Waals surface area contributed by atoms with Crippen LogP contribution in [0.2, 0.25) is 0 Å². The van der Waals surface area contributed by atoms with E-state index in [1.54, 1.807) is 0 Å². The molecule has 0 saturated carbocycles. The first-order valence-electron chi connectivity index (χ1n) is 7.45. The molecule has 0 aliphatic carbocycles. The molecule has 1 atom stereocenters. The maximum Gasteiger partial charge on any atom is 0.258 e. The van der Waals surface area contributed by atoms with Crippen molar-refractivity contribution in [2.24, 2.45) is 4.99 Å². The summed E-state index contributed by atoms with van der Waals surface area (Å²) in [5.41, 5.74) is 3.76. The van der Waals surface area contributed by atoms with Crippen molar-refractivity contribution in [3.63, 3.8) is 0 Å². The maximum absolute atomic E-state index is 12.6. The predicted molar refractivity (Wildman–Crippen MR) is 86.8 cm³/mol. The first-order valence-corrected chi connectivity index (χ1v) is 7.45. The molecule has 0 fully saturated rings. The van der Waals surface area contributed by atoms with Crippen molar-refractivity contribution in [3.8, 4) is 0 Å². The van der Waals surface area contributed by atoms with Gasteiger partial charge in [0.15, 0.2) is 0 Å². The SMILES string of the molecule is O=C1N=c2ccc3[nH][nH]nc4ccc(c2c43)C1c1ccccc1. The molecule has 1 amide bonds. The van der Waals surface area contributed by atoms with Gasteiger partial charge in [-0.3, -0.25) is 9.89 Å². The molecule has 0 bridgehead atoms. The number of carbonyl (C=O) groups is 1. The van der Waals surface area contributed by atoms with Gasteiger partial charge in [0.2, 0.25) is 0 Å². The van der Waals surface area contributed by atoms with Gasteiger partial charge in [-0.05, 0) is 29.3 Å². The molecule has 5 rings (SSSR count). The lowest BCUT2D eigenvalue weighted by Crippen LogP contribution is -2.23. The normalized spacial score (nSPS) is 16.7. The van der Waals surface area contributed by atoms with Crippen LogP contribution in [0.15, 0.2) is 59.6 Å². The second kappa shape index (κ2) is 4.39. The maximum atomic E-state index is 12.6. The van der Waals surface area contributed by atoms with Gasteiger partial charge in [-0.1, -0.05) is 36.4 Å². The molecule has 5 heteroatoms. The fourth-order valence-corrected chi connectivity index (χ4v) is 3.45. The highest BCUT2D eigenvalue weighted by atomic mass is 16.1. The number of nitrogens with zero attached hydrogens (tertiary/aromatic N) is 2. The van der Waals surface area contributed by atoms with Crippen LogP contribution in [0.4, 0.5) is 0 Å². The van der Waals surface area contributed by atoms with Crippen LogP contribution >= 0.6 is 0 Å². The topological polar surface area (TPSA) is 73.9 Å². The number of nitrogens with one attached hydrogen (secondary N) is 2. The van der Waals surface area contributed by atoms with Crippen molar-refractivity contribution in [3.05, 3.63) is 71.1 Å². The number of carbonyl (C=O) groups excluding carboxylic acids is 1. The highest BCUT2D eigenvalue weighted by Crippen LogP contribution is 2.35. The van der Waals surface area contributed by atoms with Crippen molar-refractivity contribution in [2.45, 2.75) is 5.92 Å². The Labute approximate surface area is 130 Å². The zero-order chi connectivity index (χ0) is 15.4. The van der Waals surface area contributed by atoms with E-state index >= 15 is 0 Å². The lowest BCUT2D eigenvalue weighted by molar-refractivity contribution is -0.118. The van der Waals surface area contributed by atoms with Crippen molar-refractivity contribution in [1.29, 1.82) is 0 Å². The van der Waals surface area contributed by atoms with Crippen LogP contribution in [-0.2, 0) is 4.79 Å². The molecule has 0 radical (unpaired) electrons. The highest BCUT2D eigenvalue weighted by molar-refractivity contribution is 6.10. The molecule has 0 spiro atoms. The molecule has 3 aromatic carbocycles. The summed E-state index contributed by atoms with van der Waals surface area (Å²) in [4.78, 5) is 17.0. The van der Waals surface area contributed by atoms with E-state index in [4.69, 9.17) is 0 Å². The minimum absolute atomic E-state index is 0.120. The van der Waals surface area contributed by atoms with E-state index in [0.29, 0.717) is 0 Å². The molecule has 110 valence electrons. The molecular formula is C18H12N4O. The minimum Gasteiger partial charge on any atom is -0.284 e. The number of hydrogen-bond donors (Lipinski definition) is 2. The number of hydrogen-bond acceptors (Lipinski definition) is 2. The van der Waals surface area contributed by atoms with Crippen LogP contribution in [0.3, 0.4) is 0 Å². The molecule has 0 saturated heterocycles. The van der Waals surface area contributed by atoms with Gasteiger partial charge in [0.1, 0.15) is 0 Å². The first kappa shape index (κ1) is 12.3. The largest absolute Gasteiger partial charge is 0.284 e. The molecule has 1 aliphatic rings. The number of benzene rings is 3. The number of amides is 1. The van der Waals surface area contributed by atoms with Crippen LogP contribution < -0.4 is 5.36 Å². The van der Waals surface area contributed by atoms with Gasteiger partial charge in [0, 0.05) is 10.8 Å². The summed E-state index contributed by atoms with van der Waals surface area (Å²) in [6.45, 7) is 0. The summed E-state index contributed by atoms with van der Waals surface area (Å²) in [6, 6.07) is 17.5. The van der Waals surface area contributed by atoms with Crippen molar-refractivity contribution < 1.29 is 4.79 Å². The van der Waals surface area contributed by atoms with Crippen molar-refractivity contribution >= 4 is 27.7 Å². The highest BCUT2D eigenvalue weighted by Gasteiger charge is 2.28. The standard InChI is InChI=1S/C18H12N4O/c23-18-15(10-4-2-1-3-5-10)11-6-7-13-17-14(21-22-20-13)9-8-12(19-18)16(11)17/h1-9,15,21-22H. The molecule has 1 aromatic heterocycles. The summed E-state index contributed by atoms with van der Waals surface area (Å²) in [7, 11) is 0. The van der Waals surface area contributed by atoms with Gasteiger partial charge >= 0.3 is 0 Å². The lowest BCUT2D eigenvalue weighted by Gasteiger charge is -2.21. The molecule has 2 heterocycles. The molecule has 4 aromatic rings. The zero-order valence-electron chi connectivity index (χ0n) is 12.1. The first-order chi connectivity index (χ1) is 11.3. The molecule has 1 aliphatic heterocycles. The van der Waals surface area contributed by atoms with Crippen molar-refractivity contribution in [1.82, 2.24) is 15.4 Å². The van der Waals surface area contributed by atoms with Crippen LogP contribution in [0.25, 0.3) is 21.8 Å². The quantitative estimate of drug-likeness (QED) is 0.567. The minimum atomic E-state index is -0.358. The Morgan fingerprint density at radius 3 is 2.65 bits per heavy atom. The van der Waals surface area contributed by atoms with Crippen LogP contribution in [0, 0.1) is 0 Å². The zero-order valence-corrected chi connectivity index (χ0v) is 12.1. The third-order valence-corrected chi connectivity index (χ3v) is 4.44. The third kappa shape index (κ3) is 1.64. The van der Waals surface area contributed by atoms with Gasteiger partial charge in [0.05, 0.1) is 22.3 Å². The van der Waals surface area contributed by atoms with Crippen LogP contribution in [-0.4, -0.2) is 21.3 Å². The Hall–Kier alpha value is -3.21. The predicted octanol–water partition coefficient (Wildman–Crippen LogP) is 2.62. The van der Waals surface area contributed by atoms with Gasteiger partial charge in [-0.15, -0.1) is 0 Å². The average Bonchev–Trinajstić information content (AvgIpc) is 2.60. The average molecular weight is 300 g/mol. The van der Waals surface area contributed by atoms with Gasteiger partial charge in [-0.25, -0.2) is 10.2 Å². The fraction of sp³-hybridized carbons (Fsp3) is 0.0556. The van der Waals surface area contributed by atoms with E-state index in [9.17, 15) is 4.79 Å². The summed E-state index contributed by atoms with van der Waals surface area (Å²) < 4.78 is 0. The molecule has 1 unspecified atom stereocenters. The van der Waals surface area contributed by atoms with E-state index in [0.717, 1.165) is 38.3 Å². The van der Waals surface area contributed by atoms with Gasteiger partial charge in [-0.2, -0.15) is 5.10 Å². The Kier molecular flexibility index (Phi) is 2.36. The summed E-state index contributed by atoms with van der Waals surface area (Å²) in [5, 5.41) is 12.9. The Balaban J connectivity index is 1.95. The monoisotopic (exact) mass is 300 g/mol. The molecule has 23 heavy (non-hydrogen) atoms. The Bertz CT molecular complexity index is 1120. The van der Waals surface area contributed by atoms with E-state index in [2.05, 4.69) is 20.4 Å². The Morgan fingerprint density at radius 2 is 1.78 bits per heavy atom. The van der Waals surface area contributed by atoms with Crippen LogP contribution in [0.5, 0.6) is 0 Å². The smallest absolute Gasteiger partial charge is 0.258 e. The van der Waals surface area contributed by atoms with Gasteiger partial charge in [0.25, 0.3) is 5.91 Å². The fourth-order valence-electron chi connectivity index (χ4n) is 3.45. The summed E-state index contributed by atoms with van der Waals surface area (Å²) in [5.74, 6) is -0.478.